The summed E-state index contributed by atoms with van der Waals surface area (Å²) in [6.07, 6.45) is 0. The molecule has 10 aromatic carbocycles. The maximum absolute atomic E-state index is 2.39. The van der Waals surface area contributed by atoms with Gasteiger partial charge in [0.2, 0.25) is 0 Å². The molecular formula is C52H34. The molecule has 0 bridgehead atoms. The highest BCUT2D eigenvalue weighted by atomic mass is 14.2. The van der Waals surface area contributed by atoms with Crippen molar-refractivity contribution in [3.8, 4) is 55.6 Å². The monoisotopic (exact) mass is 658 g/mol. The Morgan fingerprint density at radius 1 is 0.173 bits per heavy atom. The molecular weight excluding hydrogens is 625 g/mol. The summed E-state index contributed by atoms with van der Waals surface area (Å²) in [6.45, 7) is 0. The van der Waals surface area contributed by atoms with Crippen molar-refractivity contribution in [2.45, 2.75) is 0 Å². The lowest BCUT2D eigenvalue weighted by atomic mass is 9.84. The van der Waals surface area contributed by atoms with E-state index in [-0.39, 0.29) is 0 Å². The van der Waals surface area contributed by atoms with E-state index in [4.69, 9.17) is 0 Å². The van der Waals surface area contributed by atoms with Crippen molar-refractivity contribution < 1.29 is 0 Å². The van der Waals surface area contributed by atoms with Gasteiger partial charge in [-0.2, -0.15) is 0 Å². The molecule has 0 atom stereocenters. The van der Waals surface area contributed by atoms with Crippen LogP contribution >= 0.6 is 0 Å². The van der Waals surface area contributed by atoms with Gasteiger partial charge >= 0.3 is 0 Å². The Bertz CT molecular complexity index is 2820. The van der Waals surface area contributed by atoms with Crippen LogP contribution < -0.4 is 0 Å². The molecule has 0 spiro atoms. The standard InChI is InChI=1S/C52H34/c1-3-13-35(14-4-1)44-32-45(36-15-5-2-6-16-36)34-46(33-44)52-49-21-11-9-19-47(49)51(48-20-10-12-22-50(48)52)42-28-25-38-24-27-41(30-43(38)31-42)40-26-23-37-17-7-8-18-39(37)29-40/h1-34H. The SMILES string of the molecule is c1ccc(-c2cc(-c3ccccc3)cc(-c3c4ccccc4c(-c4ccc5ccc(-c6ccc7ccccc7c6)cc5c4)c4ccccc34)c2)cc1. The molecule has 0 heterocycles. The molecule has 0 amide bonds. The summed E-state index contributed by atoms with van der Waals surface area (Å²) in [4.78, 5) is 0. The molecule has 10 rings (SSSR count). The first-order chi connectivity index (χ1) is 25.8. The van der Waals surface area contributed by atoms with Gasteiger partial charge in [-0.05, 0) is 135 Å². The smallest absolute Gasteiger partial charge is 0.00259 e. The van der Waals surface area contributed by atoms with Crippen molar-refractivity contribution in [1.29, 1.82) is 0 Å². The van der Waals surface area contributed by atoms with E-state index >= 15 is 0 Å². The van der Waals surface area contributed by atoms with Crippen LogP contribution in [0.4, 0.5) is 0 Å². The first-order valence-corrected chi connectivity index (χ1v) is 18.0. The second-order valence-electron chi connectivity index (χ2n) is 13.7. The Morgan fingerprint density at radius 2 is 0.538 bits per heavy atom. The fraction of sp³-hybridized carbons (Fsp3) is 0. The van der Waals surface area contributed by atoms with Gasteiger partial charge in [0.15, 0.2) is 0 Å². The van der Waals surface area contributed by atoms with E-state index in [1.165, 1.54) is 98.7 Å². The summed E-state index contributed by atoms with van der Waals surface area (Å²) in [7, 11) is 0. The van der Waals surface area contributed by atoms with Crippen LogP contribution in [0.15, 0.2) is 206 Å². The third-order valence-corrected chi connectivity index (χ3v) is 10.6. The molecule has 0 unspecified atom stereocenters. The molecule has 0 fully saturated rings. The Hall–Kier alpha value is -6.76. The van der Waals surface area contributed by atoms with Crippen LogP contribution in [0, 0.1) is 0 Å². The molecule has 10 aromatic rings. The fourth-order valence-electron chi connectivity index (χ4n) is 8.07. The van der Waals surface area contributed by atoms with Crippen LogP contribution in [-0.2, 0) is 0 Å². The summed E-state index contributed by atoms with van der Waals surface area (Å²) < 4.78 is 0. The zero-order chi connectivity index (χ0) is 34.4. The van der Waals surface area contributed by atoms with Crippen LogP contribution in [0.1, 0.15) is 0 Å². The maximum atomic E-state index is 2.39. The lowest BCUT2D eigenvalue weighted by Crippen LogP contribution is -1.92. The van der Waals surface area contributed by atoms with E-state index in [9.17, 15) is 0 Å². The van der Waals surface area contributed by atoms with Gasteiger partial charge in [-0.3, -0.25) is 0 Å². The summed E-state index contributed by atoms with van der Waals surface area (Å²) in [5.74, 6) is 0. The fourth-order valence-corrected chi connectivity index (χ4v) is 8.07. The van der Waals surface area contributed by atoms with E-state index in [0.717, 1.165) is 0 Å². The first-order valence-electron chi connectivity index (χ1n) is 18.0. The third kappa shape index (κ3) is 5.25. The molecule has 52 heavy (non-hydrogen) atoms. The molecule has 0 saturated carbocycles. The molecule has 0 N–H and O–H groups in total. The number of fused-ring (bicyclic) bond motifs is 4. The largest absolute Gasteiger partial charge is 0.0622 e. The van der Waals surface area contributed by atoms with Gasteiger partial charge in [-0.25, -0.2) is 0 Å². The molecule has 0 aliphatic carbocycles. The van der Waals surface area contributed by atoms with Gasteiger partial charge in [-0.1, -0.05) is 170 Å². The van der Waals surface area contributed by atoms with Gasteiger partial charge in [0, 0.05) is 0 Å². The minimum absolute atomic E-state index is 1.21. The quantitative estimate of drug-likeness (QED) is 0.161. The topological polar surface area (TPSA) is 0 Å². The summed E-state index contributed by atoms with van der Waals surface area (Å²) in [5, 5.41) is 10.0. The van der Waals surface area contributed by atoms with E-state index in [2.05, 4.69) is 206 Å². The third-order valence-electron chi connectivity index (χ3n) is 10.6. The number of benzene rings is 10. The average molecular weight is 659 g/mol. The van der Waals surface area contributed by atoms with Gasteiger partial charge in [0.1, 0.15) is 0 Å². The minimum Gasteiger partial charge on any atom is -0.0622 e. The van der Waals surface area contributed by atoms with Crippen LogP contribution in [0.2, 0.25) is 0 Å². The Morgan fingerprint density at radius 3 is 1.08 bits per heavy atom. The normalized spacial score (nSPS) is 11.5. The van der Waals surface area contributed by atoms with Crippen molar-refractivity contribution in [3.05, 3.63) is 206 Å². The zero-order valence-corrected chi connectivity index (χ0v) is 28.6. The molecule has 0 saturated heterocycles. The van der Waals surface area contributed by atoms with E-state index < -0.39 is 0 Å². The van der Waals surface area contributed by atoms with Crippen molar-refractivity contribution >= 4 is 43.1 Å². The molecule has 0 aromatic heterocycles. The van der Waals surface area contributed by atoms with Crippen LogP contribution in [0.3, 0.4) is 0 Å². The van der Waals surface area contributed by atoms with Crippen molar-refractivity contribution in [2.75, 3.05) is 0 Å². The zero-order valence-electron chi connectivity index (χ0n) is 28.6. The van der Waals surface area contributed by atoms with E-state index in [1.807, 2.05) is 0 Å². The Labute approximate surface area is 303 Å². The van der Waals surface area contributed by atoms with Crippen molar-refractivity contribution in [1.82, 2.24) is 0 Å². The molecule has 0 aliphatic heterocycles. The highest BCUT2D eigenvalue weighted by Crippen LogP contribution is 2.45. The molecule has 0 radical (unpaired) electrons. The second-order valence-corrected chi connectivity index (χ2v) is 13.7. The average Bonchev–Trinajstić information content (AvgIpc) is 3.22. The second kappa shape index (κ2) is 12.5. The van der Waals surface area contributed by atoms with E-state index in [1.54, 1.807) is 0 Å². The highest BCUT2D eigenvalue weighted by molar-refractivity contribution is 6.22. The van der Waals surface area contributed by atoms with Crippen molar-refractivity contribution in [3.63, 3.8) is 0 Å². The van der Waals surface area contributed by atoms with Gasteiger partial charge < -0.3 is 0 Å². The molecule has 0 nitrogen and oxygen atoms in total. The van der Waals surface area contributed by atoms with Gasteiger partial charge in [0.25, 0.3) is 0 Å². The van der Waals surface area contributed by atoms with Crippen LogP contribution in [-0.4, -0.2) is 0 Å². The van der Waals surface area contributed by atoms with Gasteiger partial charge in [-0.15, -0.1) is 0 Å². The molecule has 0 heteroatoms. The lowest BCUT2D eigenvalue weighted by Gasteiger charge is -2.19. The predicted molar refractivity (Wildman–Crippen MR) is 224 cm³/mol. The number of rotatable bonds is 5. The lowest BCUT2D eigenvalue weighted by molar-refractivity contribution is 1.58. The van der Waals surface area contributed by atoms with Crippen molar-refractivity contribution in [2.24, 2.45) is 0 Å². The summed E-state index contributed by atoms with van der Waals surface area (Å²) >= 11 is 0. The van der Waals surface area contributed by atoms with E-state index in [0.29, 0.717) is 0 Å². The Kier molecular flexibility index (Phi) is 7.25. The minimum atomic E-state index is 1.21. The predicted octanol–water partition coefficient (Wildman–Crippen LogP) is 14.6. The Balaban J connectivity index is 1.19. The summed E-state index contributed by atoms with van der Waals surface area (Å²) in [5.41, 5.74) is 12.3. The first kappa shape index (κ1) is 30.1. The molecule has 0 aliphatic rings. The van der Waals surface area contributed by atoms with Crippen LogP contribution in [0.5, 0.6) is 0 Å². The summed E-state index contributed by atoms with van der Waals surface area (Å²) in [6, 6.07) is 75.7. The maximum Gasteiger partial charge on any atom is -0.00259 e. The molecule has 242 valence electrons. The number of hydrogen-bond acceptors (Lipinski definition) is 0. The highest BCUT2D eigenvalue weighted by Gasteiger charge is 2.18. The number of hydrogen-bond donors (Lipinski definition) is 0. The van der Waals surface area contributed by atoms with Crippen LogP contribution in [0.25, 0.3) is 98.7 Å². The van der Waals surface area contributed by atoms with Gasteiger partial charge in [0.05, 0.1) is 0 Å².